The Balaban J connectivity index is 2.01. The molecule has 0 saturated carbocycles. The second-order valence-electron chi connectivity index (χ2n) is 4.93. The molecule has 2 aromatic rings. The van der Waals surface area contributed by atoms with Crippen LogP contribution in [0.15, 0.2) is 28.8 Å². The zero-order chi connectivity index (χ0) is 14.5. The van der Waals surface area contributed by atoms with Gasteiger partial charge in [0.1, 0.15) is 0 Å². The summed E-state index contributed by atoms with van der Waals surface area (Å²) in [5.74, 6) is 1.37. The van der Waals surface area contributed by atoms with Gasteiger partial charge in [-0.25, -0.2) is 0 Å². The normalized spacial score (nSPS) is 12.3. The fourth-order valence-corrected chi connectivity index (χ4v) is 1.85. The summed E-state index contributed by atoms with van der Waals surface area (Å²) in [6.07, 6.45) is 1.32. The van der Waals surface area contributed by atoms with E-state index in [0.29, 0.717) is 29.7 Å². The summed E-state index contributed by atoms with van der Waals surface area (Å²) in [6.45, 7) is 3.62. The van der Waals surface area contributed by atoms with Gasteiger partial charge in [0.15, 0.2) is 11.6 Å². The van der Waals surface area contributed by atoms with Gasteiger partial charge < -0.3 is 9.84 Å². The number of carbonyl (C=O) groups excluding carboxylic acids is 1. The number of nitrogens with zero attached hydrogens (tertiary/aromatic N) is 2. The van der Waals surface area contributed by atoms with E-state index in [4.69, 9.17) is 4.52 Å². The topological polar surface area (TPSA) is 68.0 Å². The third-order valence-electron chi connectivity index (χ3n) is 3.21. The molecule has 1 aromatic carbocycles. The average Bonchev–Trinajstić information content (AvgIpc) is 2.86. The second kappa shape index (κ2) is 6.43. The number of nitrogens with one attached hydrogen (secondary N) is 1. The van der Waals surface area contributed by atoms with Gasteiger partial charge in [-0.1, -0.05) is 29.4 Å². The van der Waals surface area contributed by atoms with E-state index in [2.05, 4.69) is 22.4 Å². The number of benzene rings is 1. The smallest absolute Gasteiger partial charge is 0.231 e. The van der Waals surface area contributed by atoms with Crippen LogP contribution in [0.25, 0.3) is 0 Å². The minimum absolute atomic E-state index is 0.0673. The number of carbonyl (C=O) groups is 1. The number of Topliss-reactive ketones (excluding diaryl/α,β-unsaturated/α-hetero) is 1. The molecule has 1 aromatic heterocycles. The van der Waals surface area contributed by atoms with Crippen LogP contribution in [-0.4, -0.2) is 29.0 Å². The molecule has 1 N–H and O–H groups in total. The lowest BCUT2D eigenvalue weighted by atomic mass is 10.1. The van der Waals surface area contributed by atoms with Crippen LogP contribution in [-0.2, 0) is 12.8 Å². The number of rotatable bonds is 6. The highest BCUT2D eigenvalue weighted by Gasteiger charge is 2.10. The van der Waals surface area contributed by atoms with Crippen molar-refractivity contribution in [1.29, 1.82) is 0 Å². The Labute approximate surface area is 118 Å². The van der Waals surface area contributed by atoms with Crippen molar-refractivity contribution in [1.82, 2.24) is 15.5 Å². The summed E-state index contributed by atoms with van der Waals surface area (Å²) in [6, 6.07) is 7.78. The molecule has 20 heavy (non-hydrogen) atoms. The molecule has 0 aliphatic rings. The highest BCUT2D eigenvalue weighted by Crippen LogP contribution is 2.10. The van der Waals surface area contributed by atoms with E-state index in [1.807, 2.05) is 31.3 Å². The molecular formula is C15H19N3O2. The van der Waals surface area contributed by atoms with E-state index >= 15 is 0 Å². The van der Waals surface area contributed by atoms with E-state index in [9.17, 15) is 4.79 Å². The zero-order valence-corrected chi connectivity index (χ0v) is 12.0. The van der Waals surface area contributed by atoms with Crippen molar-refractivity contribution in [3.8, 4) is 0 Å². The van der Waals surface area contributed by atoms with Crippen molar-refractivity contribution >= 4 is 5.78 Å². The van der Waals surface area contributed by atoms with Gasteiger partial charge in [0.25, 0.3) is 0 Å². The third-order valence-corrected chi connectivity index (χ3v) is 3.21. The average molecular weight is 273 g/mol. The predicted octanol–water partition coefficient (Wildman–Crippen LogP) is 2.01. The maximum atomic E-state index is 11.2. The quantitative estimate of drug-likeness (QED) is 0.815. The lowest BCUT2D eigenvalue weighted by molar-refractivity contribution is 0.101. The van der Waals surface area contributed by atoms with Crippen molar-refractivity contribution in [3.63, 3.8) is 0 Å². The van der Waals surface area contributed by atoms with Crippen molar-refractivity contribution in [3.05, 3.63) is 47.1 Å². The molecule has 5 heteroatoms. The molecule has 0 aliphatic heterocycles. The van der Waals surface area contributed by atoms with Gasteiger partial charge in [-0.2, -0.15) is 4.98 Å². The Kier molecular flexibility index (Phi) is 4.63. The van der Waals surface area contributed by atoms with Crippen LogP contribution in [0, 0.1) is 0 Å². The molecule has 0 aliphatic carbocycles. The van der Waals surface area contributed by atoms with E-state index in [-0.39, 0.29) is 5.78 Å². The summed E-state index contributed by atoms with van der Waals surface area (Å²) in [5.41, 5.74) is 1.76. The van der Waals surface area contributed by atoms with E-state index in [1.54, 1.807) is 6.92 Å². The van der Waals surface area contributed by atoms with Crippen LogP contribution in [0.1, 0.15) is 41.5 Å². The molecule has 0 saturated heterocycles. The van der Waals surface area contributed by atoms with Crippen molar-refractivity contribution in [2.45, 2.75) is 32.7 Å². The summed E-state index contributed by atoms with van der Waals surface area (Å²) >= 11 is 0. The van der Waals surface area contributed by atoms with Crippen LogP contribution in [0.5, 0.6) is 0 Å². The Morgan fingerprint density at radius 1 is 1.35 bits per heavy atom. The maximum Gasteiger partial charge on any atom is 0.231 e. The number of ketones is 1. The van der Waals surface area contributed by atoms with Gasteiger partial charge in [0.05, 0.1) is 6.42 Å². The standard InChI is InChI=1S/C15H19N3O2/c1-10(16-3)8-14-17-15(20-18-14)9-12-4-6-13(7-5-12)11(2)19/h4-7,10,16H,8-9H2,1-3H3. The van der Waals surface area contributed by atoms with E-state index in [0.717, 1.165) is 12.0 Å². The lowest BCUT2D eigenvalue weighted by Crippen LogP contribution is -2.24. The first kappa shape index (κ1) is 14.4. The number of aromatic nitrogens is 2. The first-order valence-electron chi connectivity index (χ1n) is 6.67. The second-order valence-corrected chi connectivity index (χ2v) is 4.93. The molecule has 1 atom stereocenters. The minimum atomic E-state index is 0.0673. The van der Waals surface area contributed by atoms with E-state index < -0.39 is 0 Å². The summed E-state index contributed by atoms with van der Waals surface area (Å²) in [7, 11) is 1.90. The van der Waals surface area contributed by atoms with Gasteiger partial charge in [0, 0.05) is 18.0 Å². The number of hydrogen-bond acceptors (Lipinski definition) is 5. The van der Waals surface area contributed by atoms with Crippen LogP contribution >= 0.6 is 0 Å². The van der Waals surface area contributed by atoms with Crippen LogP contribution in [0.3, 0.4) is 0 Å². The van der Waals surface area contributed by atoms with Gasteiger partial charge >= 0.3 is 0 Å². The molecule has 0 amide bonds. The Morgan fingerprint density at radius 2 is 2.05 bits per heavy atom. The maximum absolute atomic E-state index is 11.2. The SMILES string of the molecule is CNC(C)Cc1noc(Cc2ccc(C(C)=O)cc2)n1. The zero-order valence-electron chi connectivity index (χ0n) is 12.0. The summed E-state index contributed by atoms with van der Waals surface area (Å²) < 4.78 is 5.24. The van der Waals surface area contributed by atoms with Crippen LogP contribution in [0.2, 0.25) is 0 Å². The molecule has 1 unspecified atom stereocenters. The molecule has 0 fully saturated rings. The van der Waals surface area contributed by atoms with Gasteiger partial charge in [-0.15, -0.1) is 0 Å². The van der Waals surface area contributed by atoms with E-state index in [1.165, 1.54) is 0 Å². The fourth-order valence-electron chi connectivity index (χ4n) is 1.85. The van der Waals surface area contributed by atoms with Crippen LogP contribution < -0.4 is 5.32 Å². The summed E-state index contributed by atoms with van der Waals surface area (Å²) in [4.78, 5) is 15.6. The molecule has 2 rings (SSSR count). The molecule has 1 heterocycles. The largest absolute Gasteiger partial charge is 0.339 e. The van der Waals surface area contributed by atoms with Crippen molar-refractivity contribution in [2.24, 2.45) is 0 Å². The molecule has 0 bridgehead atoms. The molecule has 0 spiro atoms. The molecule has 106 valence electrons. The highest BCUT2D eigenvalue weighted by molar-refractivity contribution is 5.93. The summed E-state index contributed by atoms with van der Waals surface area (Å²) in [5, 5.41) is 7.10. The van der Waals surface area contributed by atoms with Crippen LogP contribution in [0.4, 0.5) is 0 Å². The first-order chi connectivity index (χ1) is 9.58. The Bertz CT molecular complexity index is 575. The predicted molar refractivity (Wildman–Crippen MR) is 75.8 cm³/mol. The highest BCUT2D eigenvalue weighted by atomic mass is 16.5. The van der Waals surface area contributed by atoms with Crippen molar-refractivity contribution in [2.75, 3.05) is 7.05 Å². The monoisotopic (exact) mass is 273 g/mol. The minimum Gasteiger partial charge on any atom is -0.339 e. The van der Waals surface area contributed by atoms with Gasteiger partial charge in [-0.05, 0) is 26.5 Å². The van der Waals surface area contributed by atoms with Gasteiger partial charge in [0.2, 0.25) is 5.89 Å². The lowest BCUT2D eigenvalue weighted by Gasteiger charge is -2.04. The third kappa shape index (κ3) is 3.74. The molecule has 0 radical (unpaired) electrons. The first-order valence-corrected chi connectivity index (χ1v) is 6.67. The fraction of sp³-hybridized carbons (Fsp3) is 0.400. The Morgan fingerprint density at radius 3 is 2.65 bits per heavy atom. The van der Waals surface area contributed by atoms with Crippen molar-refractivity contribution < 1.29 is 9.32 Å². The molecule has 5 nitrogen and oxygen atoms in total. The Hall–Kier alpha value is -2.01. The van der Waals surface area contributed by atoms with Gasteiger partial charge in [-0.3, -0.25) is 4.79 Å². The number of hydrogen-bond donors (Lipinski definition) is 1. The number of likely N-dealkylation sites (N-methyl/N-ethyl adjacent to an activating group) is 1. The molecular weight excluding hydrogens is 254 g/mol.